The summed E-state index contributed by atoms with van der Waals surface area (Å²) in [4.78, 5) is 12.6. The van der Waals surface area contributed by atoms with E-state index in [0.717, 1.165) is 11.1 Å². The Kier molecular flexibility index (Phi) is 5.81. The van der Waals surface area contributed by atoms with Gasteiger partial charge in [-0.05, 0) is 31.7 Å². The predicted octanol–water partition coefficient (Wildman–Crippen LogP) is 1.58. The van der Waals surface area contributed by atoms with E-state index >= 15 is 0 Å². The summed E-state index contributed by atoms with van der Waals surface area (Å²) in [6.45, 7) is 1.93. The second-order valence-electron chi connectivity index (χ2n) is 5.51. The monoisotopic (exact) mass is 332 g/mol. The van der Waals surface area contributed by atoms with Crippen LogP contribution in [0.2, 0.25) is 0 Å². The van der Waals surface area contributed by atoms with Crippen LogP contribution in [0.5, 0.6) is 11.5 Å². The Morgan fingerprint density at radius 1 is 1.21 bits per heavy atom. The summed E-state index contributed by atoms with van der Waals surface area (Å²) < 4.78 is 12.2. The van der Waals surface area contributed by atoms with Gasteiger partial charge < -0.3 is 20.1 Å². The maximum Gasteiger partial charge on any atom is 0.242 e. The Balaban J connectivity index is 2.13. The lowest BCUT2D eigenvalue weighted by Crippen LogP contribution is -2.37. The first-order valence-electron chi connectivity index (χ1n) is 7.68. The number of aryl methyl sites for hydroxylation is 1. The number of ether oxygens (including phenoxy) is 2. The number of nitrogens with one attached hydrogen (secondary N) is 2. The van der Waals surface area contributed by atoms with E-state index < -0.39 is 6.04 Å². The van der Waals surface area contributed by atoms with E-state index in [-0.39, 0.29) is 11.9 Å². The van der Waals surface area contributed by atoms with E-state index in [2.05, 4.69) is 15.7 Å². The van der Waals surface area contributed by atoms with Gasteiger partial charge in [0.05, 0.1) is 26.5 Å². The van der Waals surface area contributed by atoms with E-state index in [0.29, 0.717) is 11.5 Å². The molecule has 2 atom stereocenters. The third-order valence-corrected chi connectivity index (χ3v) is 3.88. The Bertz CT molecular complexity index is 699. The molecule has 2 unspecified atom stereocenters. The maximum atomic E-state index is 12.6. The molecule has 1 aromatic heterocycles. The molecular formula is C17H24N4O3. The first-order chi connectivity index (χ1) is 11.5. The summed E-state index contributed by atoms with van der Waals surface area (Å²) >= 11 is 0. The smallest absolute Gasteiger partial charge is 0.242 e. The largest absolute Gasteiger partial charge is 0.493 e. The van der Waals surface area contributed by atoms with Crippen molar-refractivity contribution in [2.24, 2.45) is 7.05 Å². The number of nitrogens with zero attached hydrogens (tertiary/aromatic N) is 2. The van der Waals surface area contributed by atoms with Crippen LogP contribution < -0.4 is 20.1 Å². The normalized spacial score (nSPS) is 13.2. The van der Waals surface area contributed by atoms with Gasteiger partial charge in [0.1, 0.15) is 6.04 Å². The molecule has 0 radical (unpaired) electrons. The lowest BCUT2D eigenvalue weighted by molar-refractivity contribution is -0.123. The highest BCUT2D eigenvalue weighted by Crippen LogP contribution is 2.30. The van der Waals surface area contributed by atoms with Crippen molar-refractivity contribution >= 4 is 5.91 Å². The molecule has 0 fully saturated rings. The van der Waals surface area contributed by atoms with Gasteiger partial charge in [0, 0.05) is 18.8 Å². The molecule has 2 N–H and O–H groups in total. The fourth-order valence-corrected chi connectivity index (χ4v) is 2.54. The van der Waals surface area contributed by atoms with Gasteiger partial charge in [-0.2, -0.15) is 5.10 Å². The van der Waals surface area contributed by atoms with E-state index in [1.54, 1.807) is 32.1 Å². The van der Waals surface area contributed by atoms with Gasteiger partial charge in [-0.25, -0.2) is 0 Å². The summed E-state index contributed by atoms with van der Waals surface area (Å²) in [6.07, 6.45) is 3.50. The molecule has 0 bridgehead atoms. The zero-order valence-corrected chi connectivity index (χ0v) is 14.7. The Labute approximate surface area is 142 Å². The van der Waals surface area contributed by atoms with Crippen LogP contribution in [0.4, 0.5) is 0 Å². The number of carbonyl (C=O) groups excluding carboxylic acids is 1. The minimum absolute atomic E-state index is 0.118. The lowest BCUT2D eigenvalue weighted by Gasteiger charge is -2.20. The predicted molar refractivity (Wildman–Crippen MR) is 91.1 cm³/mol. The van der Waals surface area contributed by atoms with Crippen molar-refractivity contribution in [2.45, 2.75) is 19.0 Å². The average Bonchev–Trinajstić information content (AvgIpc) is 3.00. The van der Waals surface area contributed by atoms with Gasteiger partial charge in [0.25, 0.3) is 0 Å². The topological polar surface area (TPSA) is 77.4 Å². The fourth-order valence-electron chi connectivity index (χ4n) is 2.54. The van der Waals surface area contributed by atoms with Crippen LogP contribution in [-0.4, -0.2) is 37.0 Å². The second-order valence-corrected chi connectivity index (χ2v) is 5.51. The first-order valence-corrected chi connectivity index (χ1v) is 7.68. The molecular weight excluding hydrogens is 308 g/mol. The highest BCUT2D eigenvalue weighted by Gasteiger charge is 2.22. The van der Waals surface area contributed by atoms with Crippen molar-refractivity contribution in [1.29, 1.82) is 0 Å². The number of benzene rings is 1. The van der Waals surface area contributed by atoms with Gasteiger partial charge in [-0.15, -0.1) is 0 Å². The maximum absolute atomic E-state index is 12.6. The molecule has 0 saturated heterocycles. The first kappa shape index (κ1) is 17.8. The minimum atomic E-state index is -0.457. The van der Waals surface area contributed by atoms with E-state index in [4.69, 9.17) is 9.47 Å². The van der Waals surface area contributed by atoms with Crippen molar-refractivity contribution in [1.82, 2.24) is 20.4 Å². The molecule has 7 nitrogen and oxygen atoms in total. The van der Waals surface area contributed by atoms with Crippen molar-refractivity contribution in [3.8, 4) is 11.5 Å². The Morgan fingerprint density at radius 2 is 1.92 bits per heavy atom. The zero-order chi connectivity index (χ0) is 17.7. The summed E-state index contributed by atoms with van der Waals surface area (Å²) in [7, 11) is 6.75. The van der Waals surface area contributed by atoms with E-state index in [9.17, 15) is 4.79 Å². The van der Waals surface area contributed by atoms with Crippen molar-refractivity contribution in [3.63, 3.8) is 0 Å². The van der Waals surface area contributed by atoms with Crippen LogP contribution in [0.1, 0.15) is 30.1 Å². The molecule has 0 aliphatic rings. The third kappa shape index (κ3) is 3.86. The number of amides is 1. The van der Waals surface area contributed by atoms with Crippen LogP contribution >= 0.6 is 0 Å². The Morgan fingerprint density at radius 3 is 2.46 bits per heavy atom. The van der Waals surface area contributed by atoms with Gasteiger partial charge in [0.2, 0.25) is 5.91 Å². The molecule has 130 valence electrons. The summed E-state index contributed by atoms with van der Waals surface area (Å²) in [5.74, 6) is 1.17. The molecule has 0 spiro atoms. The third-order valence-electron chi connectivity index (χ3n) is 3.88. The molecule has 1 amide bonds. The number of carbonyl (C=O) groups is 1. The average molecular weight is 332 g/mol. The van der Waals surface area contributed by atoms with Gasteiger partial charge >= 0.3 is 0 Å². The molecule has 1 aromatic carbocycles. The molecule has 0 saturated carbocycles. The van der Waals surface area contributed by atoms with Crippen LogP contribution in [0.3, 0.4) is 0 Å². The highest BCUT2D eigenvalue weighted by molar-refractivity contribution is 5.83. The fraction of sp³-hybridized carbons (Fsp3) is 0.412. The molecule has 7 heteroatoms. The zero-order valence-electron chi connectivity index (χ0n) is 14.7. The molecule has 2 aromatic rings. The van der Waals surface area contributed by atoms with Crippen molar-refractivity contribution in [3.05, 3.63) is 41.7 Å². The molecule has 24 heavy (non-hydrogen) atoms. The molecule has 1 heterocycles. The summed E-state index contributed by atoms with van der Waals surface area (Å²) in [5, 5.41) is 10.1. The lowest BCUT2D eigenvalue weighted by atomic mass is 10.1. The highest BCUT2D eigenvalue weighted by atomic mass is 16.5. The number of rotatable bonds is 7. The van der Waals surface area contributed by atoms with Crippen molar-refractivity contribution < 1.29 is 14.3 Å². The van der Waals surface area contributed by atoms with Gasteiger partial charge in [0.15, 0.2) is 11.5 Å². The van der Waals surface area contributed by atoms with Crippen LogP contribution in [0, 0.1) is 0 Å². The summed E-state index contributed by atoms with van der Waals surface area (Å²) in [5.41, 5.74) is 1.75. The second kappa shape index (κ2) is 7.83. The summed E-state index contributed by atoms with van der Waals surface area (Å²) in [6, 6.07) is 4.96. The van der Waals surface area contributed by atoms with Crippen LogP contribution in [0.25, 0.3) is 0 Å². The van der Waals surface area contributed by atoms with Crippen LogP contribution in [0.15, 0.2) is 30.6 Å². The number of aromatic nitrogens is 2. The molecule has 2 rings (SSSR count). The van der Waals surface area contributed by atoms with Gasteiger partial charge in [-0.3, -0.25) is 9.48 Å². The number of likely N-dealkylation sites (N-methyl/N-ethyl adjacent to an activating group) is 1. The number of methoxy groups -OCH3 is 2. The van der Waals surface area contributed by atoms with E-state index in [1.165, 1.54) is 0 Å². The SMILES string of the molecule is CNC(C(=O)NC(C)c1ccc(OC)c(OC)c1)c1cnn(C)c1. The number of hydrogen-bond donors (Lipinski definition) is 2. The Hall–Kier alpha value is -2.54. The van der Waals surface area contributed by atoms with Gasteiger partial charge in [-0.1, -0.05) is 6.07 Å². The quantitative estimate of drug-likeness (QED) is 0.805. The van der Waals surface area contributed by atoms with Crippen LogP contribution in [-0.2, 0) is 11.8 Å². The van der Waals surface area contributed by atoms with Crippen molar-refractivity contribution in [2.75, 3.05) is 21.3 Å². The number of hydrogen-bond acceptors (Lipinski definition) is 5. The minimum Gasteiger partial charge on any atom is -0.493 e. The van der Waals surface area contributed by atoms with E-state index in [1.807, 2.05) is 38.4 Å². The molecule has 0 aliphatic carbocycles. The molecule has 0 aliphatic heterocycles. The standard InChI is InChI=1S/C17H24N4O3/c1-11(12-6-7-14(23-4)15(8-12)24-5)20-17(22)16(18-2)13-9-19-21(3)10-13/h6-11,16,18H,1-5H3,(H,20,22).